The third-order valence-electron chi connectivity index (χ3n) is 4.76. The van der Waals surface area contributed by atoms with Crippen molar-refractivity contribution in [3.63, 3.8) is 0 Å². The third-order valence-corrected chi connectivity index (χ3v) is 5.61. The monoisotopic (exact) mass is 307 g/mol. The lowest BCUT2D eigenvalue weighted by Gasteiger charge is -2.37. The Labute approximate surface area is 133 Å². The van der Waals surface area contributed by atoms with E-state index in [1.54, 1.807) is 11.3 Å². The van der Waals surface area contributed by atoms with Gasteiger partial charge in [-0.3, -0.25) is 4.79 Å². The summed E-state index contributed by atoms with van der Waals surface area (Å²) in [5.41, 5.74) is 1.29. The van der Waals surface area contributed by atoms with Gasteiger partial charge in [-0.1, -0.05) is 41.5 Å². The highest BCUT2D eigenvalue weighted by molar-refractivity contribution is 7.09. The van der Waals surface area contributed by atoms with Crippen LogP contribution in [0.25, 0.3) is 0 Å². The third kappa shape index (κ3) is 3.94. The van der Waals surface area contributed by atoms with Gasteiger partial charge in [0.15, 0.2) is 0 Å². The average Bonchev–Trinajstić information content (AvgIpc) is 2.75. The Balaban J connectivity index is 2.10. The fraction of sp³-hybridized carbons (Fsp3) is 0.778. The topological polar surface area (TPSA) is 30.0 Å². The quantitative estimate of drug-likeness (QED) is 0.785. The maximum atomic E-state index is 12.4. The van der Waals surface area contributed by atoms with Crippen LogP contribution in [0.3, 0.4) is 0 Å². The first-order valence-electron chi connectivity index (χ1n) is 8.07. The van der Waals surface area contributed by atoms with Crippen molar-refractivity contribution in [3.05, 3.63) is 16.1 Å². The number of carbonyl (C=O) groups excluding carboxylic acids is 1. The van der Waals surface area contributed by atoms with Gasteiger partial charge in [-0.15, -0.1) is 11.3 Å². The zero-order valence-electron chi connectivity index (χ0n) is 14.3. The summed E-state index contributed by atoms with van der Waals surface area (Å²) < 4.78 is 0. The number of ketones is 1. The summed E-state index contributed by atoms with van der Waals surface area (Å²) in [4.78, 5) is 17.2. The largest absolute Gasteiger partial charge is 0.299 e. The van der Waals surface area contributed by atoms with E-state index in [-0.39, 0.29) is 16.7 Å². The molecule has 1 aromatic heterocycles. The molecular weight excluding hydrogens is 278 g/mol. The molecule has 118 valence electrons. The number of rotatable bonds is 3. The van der Waals surface area contributed by atoms with E-state index in [2.05, 4.69) is 46.9 Å². The van der Waals surface area contributed by atoms with E-state index in [0.717, 1.165) is 19.3 Å². The van der Waals surface area contributed by atoms with Gasteiger partial charge < -0.3 is 0 Å². The summed E-state index contributed by atoms with van der Waals surface area (Å²) in [6, 6.07) is 0. The van der Waals surface area contributed by atoms with E-state index in [4.69, 9.17) is 4.98 Å². The molecule has 1 heterocycles. The highest BCUT2D eigenvalue weighted by atomic mass is 32.1. The summed E-state index contributed by atoms with van der Waals surface area (Å²) in [5, 5.41) is 3.35. The van der Waals surface area contributed by atoms with Crippen LogP contribution < -0.4 is 0 Å². The number of Topliss-reactive ketones (excluding diaryl/α,β-unsaturated/α-hetero) is 1. The van der Waals surface area contributed by atoms with Crippen LogP contribution in [0.5, 0.6) is 0 Å². The first kappa shape index (κ1) is 16.7. The van der Waals surface area contributed by atoms with E-state index in [1.807, 2.05) is 0 Å². The highest BCUT2D eigenvalue weighted by Gasteiger charge is 2.38. The van der Waals surface area contributed by atoms with E-state index < -0.39 is 0 Å². The van der Waals surface area contributed by atoms with E-state index >= 15 is 0 Å². The van der Waals surface area contributed by atoms with Crippen LogP contribution in [0.1, 0.15) is 71.5 Å². The fourth-order valence-corrected chi connectivity index (χ4v) is 4.54. The van der Waals surface area contributed by atoms with Gasteiger partial charge in [-0.2, -0.15) is 0 Å². The number of aromatic nitrogens is 1. The summed E-state index contributed by atoms with van der Waals surface area (Å²) in [7, 11) is 0. The lowest BCUT2D eigenvalue weighted by molar-refractivity contribution is -0.129. The van der Waals surface area contributed by atoms with Gasteiger partial charge in [0.1, 0.15) is 5.78 Å². The summed E-state index contributed by atoms with van der Waals surface area (Å²) in [6.45, 7) is 13.3. The van der Waals surface area contributed by atoms with Crippen LogP contribution in [0.15, 0.2) is 5.38 Å². The molecule has 2 atom stereocenters. The molecule has 1 fully saturated rings. The molecule has 0 saturated heterocycles. The Bertz CT molecular complexity index is 510. The Hall–Kier alpha value is -0.700. The van der Waals surface area contributed by atoms with Crippen molar-refractivity contribution in [1.82, 2.24) is 4.98 Å². The highest BCUT2D eigenvalue weighted by Crippen LogP contribution is 2.40. The van der Waals surface area contributed by atoms with Gasteiger partial charge >= 0.3 is 0 Å². The summed E-state index contributed by atoms with van der Waals surface area (Å²) in [6.07, 6.45) is 3.91. The minimum absolute atomic E-state index is 0.0181. The molecule has 1 aromatic rings. The Morgan fingerprint density at radius 1 is 1.24 bits per heavy atom. The zero-order chi connectivity index (χ0) is 15.8. The SMILES string of the molecule is CC1CCC(C(C)(C)Cc2nc(C(C)(C)C)cs2)C(=O)C1. The predicted octanol–water partition coefficient (Wildman–Crippen LogP) is 5.01. The van der Waals surface area contributed by atoms with Gasteiger partial charge in [0.25, 0.3) is 0 Å². The molecule has 3 heteroatoms. The molecule has 0 amide bonds. The molecule has 0 N–H and O–H groups in total. The normalized spacial score (nSPS) is 24.4. The van der Waals surface area contributed by atoms with Crippen molar-refractivity contribution in [2.45, 2.75) is 72.6 Å². The Morgan fingerprint density at radius 2 is 1.90 bits per heavy atom. The van der Waals surface area contributed by atoms with Gasteiger partial charge in [-0.05, 0) is 24.2 Å². The number of thiazole rings is 1. The minimum atomic E-state index is 0.0181. The molecule has 0 aliphatic heterocycles. The second-order valence-corrected chi connectivity index (χ2v) is 9.39. The fourth-order valence-electron chi connectivity index (χ4n) is 3.28. The zero-order valence-corrected chi connectivity index (χ0v) is 15.1. The molecule has 2 unspecified atom stereocenters. The molecule has 0 spiro atoms. The van der Waals surface area contributed by atoms with Crippen molar-refractivity contribution >= 4 is 17.1 Å². The number of nitrogens with zero attached hydrogens (tertiary/aromatic N) is 1. The van der Waals surface area contributed by atoms with Gasteiger partial charge in [0.05, 0.1) is 10.7 Å². The average molecular weight is 308 g/mol. The lowest BCUT2D eigenvalue weighted by Crippen LogP contribution is -2.36. The molecule has 0 aromatic carbocycles. The van der Waals surface area contributed by atoms with E-state index in [0.29, 0.717) is 11.7 Å². The Morgan fingerprint density at radius 3 is 2.43 bits per heavy atom. The van der Waals surface area contributed by atoms with Crippen molar-refractivity contribution in [2.75, 3.05) is 0 Å². The van der Waals surface area contributed by atoms with E-state index in [1.165, 1.54) is 17.1 Å². The van der Waals surface area contributed by atoms with Crippen LogP contribution in [0, 0.1) is 17.3 Å². The van der Waals surface area contributed by atoms with Gasteiger partial charge in [-0.25, -0.2) is 4.98 Å². The maximum absolute atomic E-state index is 12.4. The standard InChI is InChI=1S/C18H29NOS/c1-12-7-8-13(14(20)9-12)18(5,6)10-16-19-15(11-21-16)17(2,3)4/h11-13H,7-10H2,1-6H3. The minimum Gasteiger partial charge on any atom is -0.299 e. The maximum Gasteiger partial charge on any atom is 0.136 e. The van der Waals surface area contributed by atoms with Gasteiger partial charge in [0, 0.05) is 29.6 Å². The predicted molar refractivity (Wildman–Crippen MR) is 89.8 cm³/mol. The summed E-state index contributed by atoms with van der Waals surface area (Å²) >= 11 is 1.75. The smallest absolute Gasteiger partial charge is 0.136 e. The number of hydrogen-bond acceptors (Lipinski definition) is 3. The lowest BCUT2D eigenvalue weighted by atomic mass is 9.67. The number of hydrogen-bond donors (Lipinski definition) is 0. The van der Waals surface area contributed by atoms with Crippen molar-refractivity contribution < 1.29 is 4.79 Å². The molecule has 21 heavy (non-hydrogen) atoms. The van der Waals surface area contributed by atoms with Crippen LogP contribution in [-0.2, 0) is 16.6 Å². The molecule has 1 aliphatic rings. The molecule has 1 aliphatic carbocycles. The number of carbonyl (C=O) groups is 1. The molecular formula is C18H29NOS. The van der Waals surface area contributed by atoms with E-state index in [9.17, 15) is 4.79 Å². The second-order valence-electron chi connectivity index (χ2n) is 8.45. The first-order valence-corrected chi connectivity index (χ1v) is 8.95. The van der Waals surface area contributed by atoms with Crippen LogP contribution >= 0.6 is 11.3 Å². The summed E-state index contributed by atoms with van der Waals surface area (Å²) in [5.74, 6) is 1.24. The van der Waals surface area contributed by atoms with Crippen molar-refractivity contribution in [2.24, 2.45) is 17.3 Å². The van der Waals surface area contributed by atoms with Crippen LogP contribution in [-0.4, -0.2) is 10.8 Å². The first-order chi connectivity index (χ1) is 9.59. The second kappa shape index (κ2) is 5.83. The van der Waals surface area contributed by atoms with Crippen LogP contribution in [0.2, 0.25) is 0 Å². The molecule has 2 rings (SSSR count). The molecule has 2 nitrogen and oxygen atoms in total. The molecule has 0 radical (unpaired) electrons. The molecule has 0 bridgehead atoms. The van der Waals surface area contributed by atoms with Gasteiger partial charge in [0.2, 0.25) is 0 Å². The van der Waals surface area contributed by atoms with Crippen molar-refractivity contribution in [1.29, 1.82) is 0 Å². The van der Waals surface area contributed by atoms with Crippen LogP contribution in [0.4, 0.5) is 0 Å². The van der Waals surface area contributed by atoms with Crippen molar-refractivity contribution in [3.8, 4) is 0 Å². The molecule has 1 saturated carbocycles. The Kier molecular flexibility index (Phi) is 4.63.